The fourth-order valence-corrected chi connectivity index (χ4v) is 3.31. The quantitative estimate of drug-likeness (QED) is 0.579. The second kappa shape index (κ2) is 7.13. The van der Waals surface area contributed by atoms with E-state index in [1.165, 1.54) is 25.3 Å². The van der Waals surface area contributed by atoms with E-state index in [0.29, 0.717) is 15.4 Å². The van der Waals surface area contributed by atoms with Crippen molar-refractivity contribution in [2.75, 3.05) is 0 Å². The van der Waals surface area contributed by atoms with Crippen molar-refractivity contribution in [3.8, 4) is 17.9 Å². The number of aromatic nitrogens is 1. The van der Waals surface area contributed by atoms with Gasteiger partial charge in [-0.05, 0) is 31.0 Å². The zero-order valence-corrected chi connectivity index (χ0v) is 15.2. The minimum atomic E-state index is -4.63. The summed E-state index contributed by atoms with van der Waals surface area (Å²) in [6.07, 6.45) is -3.88. The van der Waals surface area contributed by atoms with Crippen LogP contribution in [0, 0.1) is 29.0 Å². The molecule has 0 unspecified atom stereocenters. The maximum absolute atomic E-state index is 14.4. The molecule has 2 N–H and O–H groups in total. The number of nitrogens with two attached hydrogens (primary N) is 1. The molecule has 0 spiro atoms. The summed E-state index contributed by atoms with van der Waals surface area (Å²) in [7, 11) is 0. The van der Waals surface area contributed by atoms with Crippen LogP contribution in [-0.4, -0.2) is 23.2 Å². The summed E-state index contributed by atoms with van der Waals surface area (Å²) in [5.74, 6) is 4.75. The Kier molecular flexibility index (Phi) is 5.01. The Morgan fingerprint density at radius 3 is 2.75 bits per heavy atom. The van der Waals surface area contributed by atoms with E-state index >= 15 is 0 Å². The van der Waals surface area contributed by atoms with Gasteiger partial charge in [-0.25, -0.2) is 14.4 Å². The van der Waals surface area contributed by atoms with Gasteiger partial charge in [0.2, 0.25) is 0 Å². The van der Waals surface area contributed by atoms with Crippen LogP contribution in [0.4, 0.5) is 17.6 Å². The molecule has 10 heteroatoms. The molecule has 144 valence electrons. The third-order valence-electron chi connectivity index (χ3n) is 4.04. The van der Waals surface area contributed by atoms with Gasteiger partial charge in [0.25, 0.3) is 6.02 Å². The Balaban J connectivity index is 1.96. The first-order valence-electron chi connectivity index (χ1n) is 7.88. The van der Waals surface area contributed by atoms with Crippen LogP contribution >= 0.6 is 11.3 Å². The molecule has 2 aromatic rings. The Morgan fingerprint density at radius 2 is 2.11 bits per heavy atom. The molecule has 1 aromatic heterocycles. The fraction of sp³-hybridized carbons (Fsp3) is 0.278. The number of thiazole rings is 1. The highest BCUT2D eigenvalue weighted by atomic mass is 32.1. The van der Waals surface area contributed by atoms with Crippen LogP contribution in [-0.2, 0) is 10.3 Å². The van der Waals surface area contributed by atoms with Crippen molar-refractivity contribution < 1.29 is 22.3 Å². The summed E-state index contributed by atoms with van der Waals surface area (Å²) < 4.78 is 59.1. The zero-order valence-electron chi connectivity index (χ0n) is 14.3. The molecule has 1 aliphatic heterocycles. The van der Waals surface area contributed by atoms with Crippen LogP contribution in [0.3, 0.4) is 0 Å². The summed E-state index contributed by atoms with van der Waals surface area (Å²) in [4.78, 5) is 7.62. The monoisotopic (exact) mass is 408 g/mol. The number of aliphatic imine (C=N–C) groups is 1. The predicted octanol–water partition coefficient (Wildman–Crippen LogP) is 3.43. The first-order valence-corrected chi connectivity index (χ1v) is 8.69. The number of nitrogens with zero attached hydrogens (tertiary/aromatic N) is 3. The minimum absolute atomic E-state index is 0.108. The molecule has 1 aliphatic rings. The molecule has 5 nitrogen and oxygen atoms in total. The van der Waals surface area contributed by atoms with Crippen molar-refractivity contribution >= 4 is 17.4 Å². The van der Waals surface area contributed by atoms with Gasteiger partial charge in [-0.1, -0.05) is 17.3 Å². The lowest BCUT2D eigenvalue weighted by Crippen LogP contribution is -2.46. The molecule has 0 bridgehead atoms. The van der Waals surface area contributed by atoms with Crippen LogP contribution in [0.15, 0.2) is 29.4 Å². The summed E-state index contributed by atoms with van der Waals surface area (Å²) in [6, 6.07) is 2.98. The van der Waals surface area contributed by atoms with Gasteiger partial charge in [0.15, 0.2) is 11.0 Å². The highest BCUT2D eigenvalue weighted by Crippen LogP contribution is 2.40. The number of halogens is 4. The van der Waals surface area contributed by atoms with Crippen LogP contribution in [0.5, 0.6) is 0 Å². The maximum Gasteiger partial charge on any atom is 0.411 e. The van der Waals surface area contributed by atoms with Gasteiger partial charge in [-0.15, -0.1) is 0 Å². The molecule has 0 amide bonds. The second-order valence-corrected chi connectivity index (χ2v) is 7.18. The molecule has 28 heavy (non-hydrogen) atoms. The number of rotatable bonds is 1. The number of alkyl halides is 3. The zero-order chi connectivity index (χ0) is 20.5. The molecule has 0 fully saturated rings. The summed E-state index contributed by atoms with van der Waals surface area (Å²) in [5, 5.41) is 9.18. The van der Waals surface area contributed by atoms with Crippen LogP contribution in [0.25, 0.3) is 0 Å². The first-order chi connectivity index (χ1) is 13.1. The highest BCUT2D eigenvalue weighted by Gasteiger charge is 2.49. The number of nitriles is 1. The molecule has 2 atom stereocenters. The molecule has 0 saturated heterocycles. The lowest BCUT2D eigenvalue weighted by molar-refractivity contribution is -0.164. The van der Waals surface area contributed by atoms with Crippen molar-refractivity contribution in [2.24, 2.45) is 10.7 Å². The highest BCUT2D eigenvalue weighted by molar-refractivity contribution is 7.12. The standard InChI is InChI=1S/C18H12F4N4OS/c1-17(7-14(18(20,21)22)26-16(24)27-17)12-6-10(2-4-13(12)19)3-5-15-25-9-11(8-23)28-15/h2,4,6,9,14H,7H2,1H3,(H2,24,26)/t14-,17-/m0/s1. The second-order valence-electron chi connectivity index (χ2n) is 6.15. The van der Waals surface area contributed by atoms with Crippen molar-refractivity contribution in [3.05, 3.63) is 51.2 Å². The number of ether oxygens (including phenoxy) is 1. The maximum atomic E-state index is 14.4. The van der Waals surface area contributed by atoms with Gasteiger partial charge in [0.1, 0.15) is 22.4 Å². The summed E-state index contributed by atoms with van der Waals surface area (Å²) >= 11 is 1.09. The Morgan fingerprint density at radius 1 is 1.36 bits per heavy atom. The normalized spacial score (nSPS) is 21.7. The van der Waals surface area contributed by atoms with Gasteiger partial charge in [0, 0.05) is 17.5 Å². The van der Waals surface area contributed by atoms with E-state index < -0.39 is 36.1 Å². The average Bonchev–Trinajstić information content (AvgIpc) is 3.07. The molecular weight excluding hydrogens is 396 g/mol. The number of hydrogen-bond donors (Lipinski definition) is 1. The smallest absolute Gasteiger partial charge is 0.411 e. The van der Waals surface area contributed by atoms with E-state index in [9.17, 15) is 17.6 Å². The van der Waals surface area contributed by atoms with E-state index in [0.717, 1.165) is 17.4 Å². The van der Waals surface area contributed by atoms with Crippen molar-refractivity contribution in [3.63, 3.8) is 0 Å². The number of benzene rings is 1. The van der Waals surface area contributed by atoms with Crippen LogP contribution in [0.2, 0.25) is 0 Å². The first kappa shape index (κ1) is 19.6. The summed E-state index contributed by atoms with van der Waals surface area (Å²) in [6.45, 7) is 1.32. The van der Waals surface area contributed by atoms with Gasteiger partial charge in [-0.2, -0.15) is 18.4 Å². The fourth-order valence-electron chi connectivity index (χ4n) is 2.74. The largest absolute Gasteiger partial charge is 0.454 e. The molecule has 1 aromatic carbocycles. The van der Waals surface area contributed by atoms with E-state index in [2.05, 4.69) is 21.8 Å². The molecule has 3 rings (SSSR count). The van der Waals surface area contributed by atoms with E-state index in [1.807, 2.05) is 6.07 Å². The van der Waals surface area contributed by atoms with E-state index in [1.54, 1.807) is 0 Å². The topological polar surface area (TPSA) is 84.3 Å². The SMILES string of the molecule is C[C@@]1(c2cc(C#Cc3ncc(C#N)s3)ccc2F)C[C@@H](C(F)(F)F)N=C(N)O1. The van der Waals surface area contributed by atoms with Gasteiger partial charge in [0.05, 0.1) is 6.20 Å². The third-order valence-corrected chi connectivity index (χ3v) is 4.86. The van der Waals surface area contributed by atoms with Gasteiger partial charge >= 0.3 is 6.18 Å². The van der Waals surface area contributed by atoms with Crippen molar-refractivity contribution in [2.45, 2.75) is 31.2 Å². The van der Waals surface area contributed by atoms with Gasteiger partial charge in [-0.3, -0.25) is 0 Å². The van der Waals surface area contributed by atoms with E-state index in [-0.39, 0.29) is 5.56 Å². The Hall–Kier alpha value is -3.11. The minimum Gasteiger partial charge on any atom is -0.454 e. The van der Waals surface area contributed by atoms with Crippen molar-refractivity contribution in [1.82, 2.24) is 4.98 Å². The van der Waals surface area contributed by atoms with Gasteiger partial charge < -0.3 is 10.5 Å². The average molecular weight is 408 g/mol. The molecule has 0 aliphatic carbocycles. The molecule has 0 radical (unpaired) electrons. The molecule has 2 heterocycles. The summed E-state index contributed by atoms with van der Waals surface area (Å²) in [5.41, 5.74) is 3.99. The molecule has 0 saturated carbocycles. The number of amidine groups is 1. The third kappa shape index (κ3) is 4.07. The molecular formula is C18H12F4N4OS. The van der Waals surface area contributed by atoms with Crippen LogP contribution in [0.1, 0.15) is 34.4 Å². The van der Waals surface area contributed by atoms with E-state index in [4.69, 9.17) is 15.7 Å². The lowest BCUT2D eigenvalue weighted by Gasteiger charge is -2.37. The number of hydrogen-bond acceptors (Lipinski definition) is 6. The Labute approximate surface area is 161 Å². The Bertz CT molecular complexity index is 1040. The lowest BCUT2D eigenvalue weighted by atomic mass is 9.86. The predicted molar refractivity (Wildman–Crippen MR) is 93.7 cm³/mol. The van der Waals surface area contributed by atoms with Crippen molar-refractivity contribution in [1.29, 1.82) is 5.26 Å². The van der Waals surface area contributed by atoms with Crippen LogP contribution < -0.4 is 5.73 Å².